The predicted molar refractivity (Wildman–Crippen MR) is 81.0 cm³/mol. The Morgan fingerprint density at radius 3 is 3.00 bits per heavy atom. The molecule has 0 spiro atoms. The number of hydrogen-bond acceptors (Lipinski definition) is 6. The van der Waals surface area contributed by atoms with E-state index >= 15 is 0 Å². The summed E-state index contributed by atoms with van der Waals surface area (Å²) in [5.74, 6) is 0.173. The van der Waals surface area contributed by atoms with Crippen molar-refractivity contribution in [2.24, 2.45) is 13.0 Å². The molecule has 0 amide bonds. The molecule has 21 heavy (non-hydrogen) atoms. The Bertz CT molecular complexity index is 735. The predicted octanol–water partition coefficient (Wildman–Crippen LogP) is 2.14. The maximum atomic E-state index is 12.2. The normalized spacial score (nSPS) is 13.9. The monoisotopic (exact) mass is 301 g/mol. The van der Waals surface area contributed by atoms with E-state index in [0.717, 1.165) is 18.4 Å². The highest BCUT2D eigenvalue weighted by Gasteiger charge is 2.34. The van der Waals surface area contributed by atoms with Gasteiger partial charge in [0, 0.05) is 31.3 Å². The number of rotatable bonds is 5. The second kappa shape index (κ2) is 5.22. The Morgan fingerprint density at radius 1 is 1.67 bits per heavy atom. The minimum atomic E-state index is 0.0726. The highest BCUT2D eigenvalue weighted by atomic mass is 32.1. The second-order valence-electron chi connectivity index (χ2n) is 5.18. The van der Waals surface area contributed by atoms with Crippen LogP contribution in [0.2, 0.25) is 0 Å². The Hall–Kier alpha value is -2.33. The fourth-order valence-corrected chi connectivity index (χ4v) is 3.22. The summed E-state index contributed by atoms with van der Waals surface area (Å²) in [6.45, 7) is 0.541. The number of hydrogen-bond donors (Lipinski definition) is 2. The zero-order valence-corrected chi connectivity index (χ0v) is 12.4. The summed E-state index contributed by atoms with van der Waals surface area (Å²) >= 11 is 1.28. The number of Topliss-reactive ketones (excluding diaryl/α,β-unsaturated/α-hetero) is 1. The SMILES string of the molecule is Cn1cc(CNc2sc(C(=O)C3CC3)c(N)c2C#N)cn1. The lowest BCUT2D eigenvalue weighted by molar-refractivity contribution is 0.0972. The van der Waals surface area contributed by atoms with Gasteiger partial charge in [-0.3, -0.25) is 9.48 Å². The van der Waals surface area contributed by atoms with Crippen molar-refractivity contribution in [3.63, 3.8) is 0 Å². The number of nitrogens with two attached hydrogens (primary N) is 1. The average Bonchev–Trinajstić information content (AvgIpc) is 3.16. The Kier molecular flexibility index (Phi) is 3.39. The van der Waals surface area contributed by atoms with Crippen molar-refractivity contribution < 1.29 is 4.79 Å². The summed E-state index contributed by atoms with van der Waals surface area (Å²) in [5.41, 5.74) is 7.65. The summed E-state index contributed by atoms with van der Waals surface area (Å²) in [4.78, 5) is 12.7. The lowest BCUT2D eigenvalue weighted by Gasteiger charge is -2.01. The molecule has 6 nitrogen and oxygen atoms in total. The molecular formula is C14H15N5OS. The van der Waals surface area contributed by atoms with Crippen LogP contribution in [0.25, 0.3) is 0 Å². The van der Waals surface area contributed by atoms with E-state index in [1.807, 2.05) is 13.2 Å². The lowest BCUT2D eigenvalue weighted by atomic mass is 10.1. The van der Waals surface area contributed by atoms with Gasteiger partial charge in [0.1, 0.15) is 16.6 Å². The number of nitrogens with one attached hydrogen (secondary N) is 1. The van der Waals surface area contributed by atoms with E-state index in [1.165, 1.54) is 11.3 Å². The summed E-state index contributed by atoms with van der Waals surface area (Å²) in [7, 11) is 1.85. The number of nitriles is 1. The van der Waals surface area contributed by atoms with Crippen molar-refractivity contribution in [2.75, 3.05) is 11.1 Å². The highest BCUT2D eigenvalue weighted by Crippen LogP contribution is 2.41. The van der Waals surface area contributed by atoms with Gasteiger partial charge in [-0.25, -0.2) is 0 Å². The van der Waals surface area contributed by atoms with E-state index in [2.05, 4.69) is 16.5 Å². The zero-order valence-electron chi connectivity index (χ0n) is 11.6. The minimum Gasteiger partial charge on any atom is -0.396 e. The molecule has 0 radical (unpaired) electrons. The molecule has 7 heteroatoms. The molecule has 108 valence electrons. The van der Waals surface area contributed by atoms with E-state index < -0.39 is 0 Å². The first-order valence-electron chi connectivity index (χ1n) is 6.68. The van der Waals surface area contributed by atoms with Gasteiger partial charge in [-0.1, -0.05) is 0 Å². The van der Waals surface area contributed by atoms with Gasteiger partial charge in [-0.2, -0.15) is 10.4 Å². The van der Waals surface area contributed by atoms with Crippen molar-refractivity contribution >= 4 is 27.8 Å². The summed E-state index contributed by atoms with van der Waals surface area (Å²) in [6.07, 6.45) is 5.51. The van der Waals surface area contributed by atoms with Gasteiger partial charge in [-0.05, 0) is 12.8 Å². The molecule has 0 atom stereocenters. The number of carbonyl (C=O) groups excluding carboxylic acids is 1. The maximum Gasteiger partial charge on any atom is 0.178 e. The van der Waals surface area contributed by atoms with Crippen LogP contribution in [-0.2, 0) is 13.6 Å². The van der Waals surface area contributed by atoms with Gasteiger partial charge in [0.2, 0.25) is 0 Å². The Balaban J connectivity index is 1.82. The number of aromatic nitrogens is 2. The molecule has 3 N–H and O–H groups in total. The molecule has 1 aliphatic rings. The van der Waals surface area contributed by atoms with Crippen LogP contribution in [0, 0.1) is 17.2 Å². The van der Waals surface area contributed by atoms with Crippen molar-refractivity contribution in [2.45, 2.75) is 19.4 Å². The van der Waals surface area contributed by atoms with Crippen LogP contribution in [-0.4, -0.2) is 15.6 Å². The number of nitrogen functional groups attached to an aromatic ring is 1. The van der Waals surface area contributed by atoms with Gasteiger partial charge in [0.15, 0.2) is 5.78 Å². The third-order valence-electron chi connectivity index (χ3n) is 3.44. The molecular weight excluding hydrogens is 286 g/mol. The third-order valence-corrected chi connectivity index (χ3v) is 4.62. The second-order valence-corrected chi connectivity index (χ2v) is 6.20. The van der Waals surface area contributed by atoms with E-state index in [0.29, 0.717) is 27.7 Å². The number of nitrogens with zero attached hydrogens (tertiary/aromatic N) is 3. The minimum absolute atomic E-state index is 0.0726. The quantitative estimate of drug-likeness (QED) is 0.825. The Labute approximate surface area is 126 Å². The molecule has 1 saturated carbocycles. The van der Waals surface area contributed by atoms with Crippen molar-refractivity contribution in [1.82, 2.24) is 9.78 Å². The number of thiophene rings is 1. The van der Waals surface area contributed by atoms with Gasteiger partial charge in [0.25, 0.3) is 0 Å². The molecule has 2 aromatic heterocycles. The first kappa shape index (κ1) is 13.6. The summed E-state index contributed by atoms with van der Waals surface area (Å²) < 4.78 is 1.72. The largest absolute Gasteiger partial charge is 0.396 e. The first-order valence-corrected chi connectivity index (χ1v) is 7.49. The molecule has 2 heterocycles. The van der Waals surface area contributed by atoms with E-state index in [-0.39, 0.29) is 11.7 Å². The third kappa shape index (κ3) is 2.62. The molecule has 3 rings (SSSR count). The zero-order chi connectivity index (χ0) is 15.0. The van der Waals surface area contributed by atoms with Crippen molar-refractivity contribution in [3.05, 3.63) is 28.4 Å². The standard InChI is InChI=1S/C14H15N5OS/c1-19-7-8(6-18-19)5-17-14-10(4-15)11(16)13(21-14)12(20)9-2-3-9/h6-7,9,17H,2-3,5,16H2,1H3. The maximum absolute atomic E-state index is 12.2. The van der Waals surface area contributed by atoms with Crippen LogP contribution >= 0.6 is 11.3 Å². The molecule has 2 aromatic rings. The van der Waals surface area contributed by atoms with Crippen molar-refractivity contribution in [3.8, 4) is 6.07 Å². The average molecular weight is 301 g/mol. The number of aryl methyl sites for hydroxylation is 1. The van der Waals surface area contributed by atoms with Crippen LogP contribution in [0.4, 0.5) is 10.7 Å². The first-order chi connectivity index (χ1) is 10.1. The van der Waals surface area contributed by atoms with Gasteiger partial charge in [-0.15, -0.1) is 11.3 Å². The number of carbonyl (C=O) groups is 1. The topological polar surface area (TPSA) is 96.7 Å². The molecule has 1 fully saturated rings. The van der Waals surface area contributed by atoms with Gasteiger partial charge < -0.3 is 11.1 Å². The molecule has 1 aliphatic carbocycles. The van der Waals surface area contributed by atoms with Crippen LogP contribution in [0.3, 0.4) is 0 Å². The van der Waals surface area contributed by atoms with Crippen LogP contribution in [0.5, 0.6) is 0 Å². The number of anilines is 2. The smallest absolute Gasteiger partial charge is 0.178 e. The number of ketones is 1. The molecule has 0 aromatic carbocycles. The van der Waals surface area contributed by atoms with Gasteiger partial charge >= 0.3 is 0 Å². The van der Waals surface area contributed by atoms with Gasteiger partial charge in [0.05, 0.1) is 16.8 Å². The van der Waals surface area contributed by atoms with E-state index in [9.17, 15) is 10.1 Å². The Morgan fingerprint density at radius 2 is 2.43 bits per heavy atom. The van der Waals surface area contributed by atoms with Crippen LogP contribution in [0.15, 0.2) is 12.4 Å². The fourth-order valence-electron chi connectivity index (χ4n) is 2.14. The van der Waals surface area contributed by atoms with E-state index in [1.54, 1.807) is 10.9 Å². The molecule has 0 unspecified atom stereocenters. The highest BCUT2D eigenvalue weighted by molar-refractivity contribution is 7.19. The summed E-state index contributed by atoms with van der Waals surface area (Å²) in [5, 5.41) is 17.2. The lowest BCUT2D eigenvalue weighted by Crippen LogP contribution is -2.02. The van der Waals surface area contributed by atoms with Crippen LogP contribution < -0.4 is 11.1 Å². The molecule has 0 saturated heterocycles. The van der Waals surface area contributed by atoms with Crippen molar-refractivity contribution in [1.29, 1.82) is 5.26 Å². The van der Waals surface area contributed by atoms with Crippen LogP contribution in [0.1, 0.15) is 33.6 Å². The molecule has 0 bridgehead atoms. The fraction of sp³-hybridized carbons (Fsp3) is 0.357. The summed E-state index contributed by atoms with van der Waals surface area (Å²) in [6, 6.07) is 2.09. The molecule has 0 aliphatic heterocycles. The van der Waals surface area contributed by atoms with E-state index in [4.69, 9.17) is 5.73 Å².